The highest BCUT2D eigenvalue weighted by Gasteiger charge is 2.27. The van der Waals surface area contributed by atoms with E-state index in [1.807, 2.05) is 0 Å². The minimum atomic E-state index is -1.11. The van der Waals surface area contributed by atoms with Crippen LogP contribution in [0.15, 0.2) is 0 Å². The van der Waals surface area contributed by atoms with Crippen molar-refractivity contribution in [2.24, 2.45) is 5.92 Å². The van der Waals surface area contributed by atoms with Gasteiger partial charge >= 0.3 is 11.9 Å². The fourth-order valence-electron chi connectivity index (χ4n) is 1.55. The zero-order chi connectivity index (χ0) is 12.8. The van der Waals surface area contributed by atoms with E-state index in [0.717, 1.165) is 12.8 Å². The van der Waals surface area contributed by atoms with Crippen molar-refractivity contribution in [3.63, 3.8) is 0 Å². The quantitative estimate of drug-likeness (QED) is 0.579. The first-order valence-electron chi connectivity index (χ1n) is 5.73. The molecule has 0 spiro atoms. The summed E-state index contributed by atoms with van der Waals surface area (Å²) in [7, 11) is 0. The second-order valence-electron chi connectivity index (χ2n) is 4.39. The molecular formula is C11H17NO5. The second kappa shape index (κ2) is 6.22. The molecule has 1 rings (SSSR count). The fraction of sp³-hybridized carbons (Fsp3) is 0.727. The van der Waals surface area contributed by atoms with E-state index in [1.54, 1.807) is 0 Å². The van der Waals surface area contributed by atoms with Gasteiger partial charge in [0.25, 0.3) is 0 Å². The van der Waals surface area contributed by atoms with Crippen molar-refractivity contribution in [3.8, 4) is 0 Å². The Morgan fingerprint density at radius 1 is 1.24 bits per heavy atom. The Balaban J connectivity index is 2.28. The highest BCUT2D eigenvalue weighted by atomic mass is 16.4. The average molecular weight is 243 g/mol. The molecule has 0 radical (unpaired) electrons. The lowest BCUT2D eigenvalue weighted by Gasteiger charge is -2.13. The van der Waals surface area contributed by atoms with E-state index < -0.39 is 18.0 Å². The smallest absolute Gasteiger partial charge is 0.326 e. The number of carboxylic acids is 2. The van der Waals surface area contributed by atoms with Crippen LogP contribution in [0.3, 0.4) is 0 Å². The van der Waals surface area contributed by atoms with Crippen molar-refractivity contribution in [2.45, 2.75) is 44.6 Å². The van der Waals surface area contributed by atoms with Crippen LogP contribution in [0.4, 0.5) is 0 Å². The lowest BCUT2D eigenvalue weighted by Crippen LogP contribution is -2.40. The molecule has 0 unspecified atom stereocenters. The van der Waals surface area contributed by atoms with E-state index in [1.165, 1.54) is 0 Å². The molecule has 0 bridgehead atoms. The van der Waals surface area contributed by atoms with E-state index in [-0.39, 0.29) is 25.2 Å². The van der Waals surface area contributed by atoms with Gasteiger partial charge in [0.15, 0.2) is 0 Å². The molecule has 0 aromatic carbocycles. The molecule has 6 nitrogen and oxygen atoms in total. The van der Waals surface area contributed by atoms with Crippen molar-refractivity contribution >= 4 is 17.8 Å². The first-order chi connectivity index (χ1) is 7.99. The Hall–Kier alpha value is -1.59. The van der Waals surface area contributed by atoms with Gasteiger partial charge in [-0.25, -0.2) is 4.79 Å². The number of carboxylic acid groups (broad SMARTS) is 2. The first kappa shape index (κ1) is 13.5. The largest absolute Gasteiger partial charge is 0.481 e. The van der Waals surface area contributed by atoms with Crippen LogP contribution in [0.1, 0.15) is 38.5 Å². The summed E-state index contributed by atoms with van der Waals surface area (Å²) in [5.41, 5.74) is 0. The number of nitrogens with one attached hydrogen (secondary N) is 1. The summed E-state index contributed by atoms with van der Waals surface area (Å²) in [4.78, 5) is 32.6. The topological polar surface area (TPSA) is 104 Å². The van der Waals surface area contributed by atoms with Crippen LogP contribution >= 0.6 is 0 Å². The Kier molecular flexibility index (Phi) is 4.93. The van der Waals surface area contributed by atoms with Crippen molar-refractivity contribution in [2.75, 3.05) is 0 Å². The highest BCUT2D eigenvalue weighted by Crippen LogP contribution is 2.32. The van der Waals surface area contributed by atoms with E-state index >= 15 is 0 Å². The lowest BCUT2D eigenvalue weighted by atomic mass is 10.1. The number of amides is 1. The Bertz CT molecular complexity index is 311. The molecule has 1 aliphatic rings. The van der Waals surface area contributed by atoms with E-state index in [0.29, 0.717) is 12.3 Å². The zero-order valence-electron chi connectivity index (χ0n) is 9.52. The van der Waals surface area contributed by atoms with Crippen LogP contribution in [-0.2, 0) is 14.4 Å². The predicted octanol–water partition coefficient (Wildman–Crippen LogP) is 0.611. The monoisotopic (exact) mass is 243 g/mol. The molecule has 1 saturated carbocycles. The van der Waals surface area contributed by atoms with Gasteiger partial charge in [-0.2, -0.15) is 0 Å². The summed E-state index contributed by atoms with van der Waals surface area (Å²) in [6, 6.07) is -0.972. The molecule has 1 aliphatic carbocycles. The van der Waals surface area contributed by atoms with Gasteiger partial charge in [-0.05, 0) is 31.6 Å². The maximum Gasteiger partial charge on any atom is 0.326 e. The number of carbonyl (C=O) groups is 3. The average Bonchev–Trinajstić information content (AvgIpc) is 2.99. The van der Waals surface area contributed by atoms with Crippen LogP contribution in [0.5, 0.6) is 0 Å². The van der Waals surface area contributed by atoms with E-state index in [4.69, 9.17) is 10.2 Å². The molecular weight excluding hydrogens is 226 g/mol. The lowest BCUT2D eigenvalue weighted by molar-refractivity contribution is -0.142. The summed E-state index contributed by atoms with van der Waals surface area (Å²) in [5.74, 6) is -1.92. The van der Waals surface area contributed by atoms with Gasteiger partial charge in [0.2, 0.25) is 5.91 Å². The van der Waals surface area contributed by atoms with Gasteiger partial charge in [-0.1, -0.05) is 0 Å². The second-order valence-corrected chi connectivity index (χ2v) is 4.39. The summed E-state index contributed by atoms with van der Waals surface area (Å²) < 4.78 is 0. The minimum absolute atomic E-state index is 0.0811. The maximum absolute atomic E-state index is 11.4. The molecule has 96 valence electrons. The normalized spacial score (nSPS) is 16.2. The van der Waals surface area contributed by atoms with Crippen molar-refractivity contribution < 1.29 is 24.6 Å². The molecule has 1 fully saturated rings. The van der Waals surface area contributed by atoms with Gasteiger partial charge in [0.05, 0.1) is 0 Å². The number of aliphatic carboxylic acids is 2. The number of hydrogen-bond acceptors (Lipinski definition) is 3. The molecule has 6 heteroatoms. The molecule has 0 heterocycles. The first-order valence-corrected chi connectivity index (χ1v) is 5.73. The standard InChI is InChI=1S/C11H17NO5/c13-9(6-7-4-5-7)12-8(11(16)17)2-1-3-10(14)15/h7-8H,1-6H2,(H,12,13)(H,14,15)(H,16,17)/t8-/m1/s1. The number of rotatable bonds is 8. The molecule has 17 heavy (non-hydrogen) atoms. The third kappa shape index (κ3) is 5.89. The summed E-state index contributed by atoms with van der Waals surface area (Å²) >= 11 is 0. The van der Waals surface area contributed by atoms with Gasteiger partial charge in [0, 0.05) is 12.8 Å². The number of carbonyl (C=O) groups excluding carboxylic acids is 1. The van der Waals surface area contributed by atoms with E-state index in [9.17, 15) is 14.4 Å². The van der Waals surface area contributed by atoms with Crippen LogP contribution in [0, 0.1) is 5.92 Å². The Labute approximate surface area is 99.0 Å². The minimum Gasteiger partial charge on any atom is -0.481 e. The number of hydrogen-bond donors (Lipinski definition) is 3. The SMILES string of the molecule is O=C(O)CCC[C@@H](NC(=O)CC1CC1)C(=O)O. The summed E-state index contributed by atoms with van der Waals surface area (Å²) in [6.07, 6.45) is 2.76. The Morgan fingerprint density at radius 2 is 1.88 bits per heavy atom. The summed E-state index contributed by atoms with van der Waals surface area (Å²) in [6.45, 7) is 0. The maximum atomic E-state index is 11.4. The molecule has 0 aliphatic heterocycles. The van der Waals surface area contributed by atoms with Gasteiger partial charge < -0.3 is 15.5 Å². The highest BCUT2D eigenvalue weighted by molar-refractivity contribution is 5.83. The van der Waals surface area contributed by atoms with Gasteiger partial charge in [0.1, 0.15) is 6.04 Å². The fourth-order valence-corrected chi connectivity index (χ4v) is 1.55. The third-order valence-electron chi connectivity index (χ3n) is 2.69. The van der Waals surface area contributed by atoms with Crippen LogP contribution in [0.25, 0.3) is 0 Å². The van der Waals surface area contributed by atoms with E-state index in [2.05, 4.69) is 5.32 Å². The summed E-state index contributed by atoms with van der Waals surface area (Å²) in [5, 5.41) is 19.7. The van der Waals surface area contributed by atoms with Crippen molar-refractivity contribution in [3.05, 3.63) is 0 Å². The van der Waals surface area contributed by atoms with Crippen molar-refractivity contribution in [1.82, 2.24) is 5.32 Å². The van der Waals surface area contributed by atoms with Crippen LogP contribution in [-0.4, -0.2) is 34.1 Å². The Morgan fingerprint density at radius 3 is 2.35 bits per heavy atom. The molecule has 0 aromatic heterocycles. The van der Waals surface area contributed by atoms with Crippen LogP contribution < -0.4 is 5.32 Å². The van der Waals surface area contributed by atoms with Gasteiger partial charge in [-0.3, -0.25) is 9.59 Å². The third-order valence-corrected chi connectivity index (χ3v) is 2.69. The zero-order valence-corrected chi connectivity index (χ0v) is 9.52. The molecule has 1 amide bonds. The predicted molar refractivity (Wildman–Crippen MR) is 58.4 cm³/mol. The molecule has 0 aromatic rings. The molecule has 0 saturated heterocycles. The van der Waals surface area contributed by atoms with Crippen molar-refractivity contribution in [1.29, 1.82) is 0 Å². The molecule has 3 N–H and O–H groups in total. The van der Waals surface area contributed by atoms with Gasteiger partial charge in [-0.15, -0.1) is 0 Å². The van der Waals surface area contributed by atoms with Crippen LogP contribution in [0.2, 0.25) is 0 Å². The molecule has 1 atom stereocenters.